The monoisotopic (exact) mass is 529 g/mol. The van der Waals surface area contributed by atoms with E-state index in [-0.39, 0.29) is 24.2 Å². The first kappa shape index (κ1) is 28.5. The van der Waals surface area contributed by atoms with Crippen molar-refractivity contribution in [1.82, 2.24) is 10.2 Å². The number of ether oxygens (including phenoxy) is 1. The van der Waals surface area contributed by atoms with Crippen LogP contribution >= 0.6 is 0 Å². The van der Waals surface area contributed by atoms with Gasteiger partial charge in [0.1, 0.15) is 18.3 Å². The number of anilines is 1. The van der Waals surface area contributed by atoms with Crippen LogP contribution in [0.2, 0.25) is 0 Å². The number of carbonyl (C=O) groups is 2. The number of hydrogen-bond acceptors (Lipinski definition) is 5. The summed E-state index contributed by atoms with van der Waals surface area (Å²) in [5.74, 6) is -0.304. The molecule has 202 valence electrons. The normalized spacial score (nSPS) is 15.0. The highest BCUT2D eigenvalue weighted by Gasteiger charge is 2.33. The zero-order chi connectivity index (χ0) is 27.0. The Balaban J connectivity index is 1.94. The van der Waals surface area contributed by atoms with E-state index in [1.807, 2.05) is 50.2 Å². The highest BCUT2D eigenvalue weighted by molar-refractivity contribution is 7.92. The highest BCUT2D eigenvalue weighted by Crippen LogP contribution is 2.31. The summed E-state index contributed by atoms with van der Waals surface area (Å²) < 4.78 is 32.2. The maximum Gasteiger partial charge on any atom is 0.244 e. The van der Waals surface area contributed by atoms with Gasteiger partial charge in [0.2, 0.25) is 21.8 Å². The maximum absolute atomic E-state index is 13.9. The zero-order valence-electron chi connectivity index (χ0n) is 22.3. The van der Waals surface area contributed by atoms with E-state index in [4.69, 9.17) is 4.74 Å². The van der Waals surface area contributed by atoms with Gasteiger partial charge in [-0.2, -0.15) is 0 Å². The quantitative estimate of drug-likeness (QED) is 0.474. The lowest BCUT2D eigenvalue weighted by Gasteiger charge is -2.34. The molecule has 1 atom stereocenters. The van der Waals surface area contributed by atoms with Crippen LogP contribution in [0.3, 0.4) is 0 Å². The van der Waals surface area contributed by atoms with E-state index in [0.717, 1.165) is 47.4 Å². The third-order valence-corrected chi connectivity index (χ3v) is 7.94. The van der Waals surface area contributed by atoms with E-state index in [2.05, 4.69) is 5.32 Å². The number of nitrogens with one attached hydrogen (secondary N) is 1. The molecular formula is C28H39N3O5S. The minimum absolute atomic E-state index is 0.105. The lowest BCUT2D eigenvalue weighted by molar-refractivity contribution is -0.140. The molecule has 0 spiro atoms. The van der Waals surface area contributed by atoms with E-state index >= 15 is 0 Å². The molecule has 1 fully saturated rings. The summed E-state index contributed by atoms with van der Waals surface area (Å²) in [4.78, 5) is 28.8. The first-order chi connectivity index (χ1) is 17.6. The molecule has 0 aliphatic heterocycles. The Morgan fingerprint density at radius 3 is 2.35 bits per heavy atom. The van der Waals surface area contributed by atoms with Gasteiger partial charge in [0.25, 0.3) is 0 Å². The summed E-state index contributed by atoms with van der Waals surface area (Å²) in [7, 11) is -2.38. The molecule has 8 nitrogen and oxygen atoms in total. The van der Waals surface area contributed by atoms with Gasteiger partial charge in [0, 0.05) is 12.6 Å². The lowest BCUT2D eigenvalue weighted by Crippen LogP contribution is -2.54. The number of rotatable bonds is 11. The first-order valence-corrected chi connectivity index (χ1v) is 14.7. The van der Waals surface area contributed by atoms with Crippen LogP contribution in [-0.4, -0.2) is 57.1 Å². The zero-order valence-corrected chi connectivity index (χ0v) is 23.1. The number of sulfonamides is 1. The predicted octanol–water partition coefficient (Wildman–Crippen LogP) is 4.03. The van der Waals surface area contributed by atoms with Gasteiger partial charge in [-0.25, -0.2) is 8.42 Å². The van der Waals surface area contributed by atoms with Gasteiger partial charge in [-0.05, 0) is 49.4 Å². The Morgan fingerprint density at radius 2 is 1.76 bits per heavy atom. The van der Waals surface area contributed by atoms with Crippen LogP contribution in [0.5, 0.6) is 5.75 Å². The fourth-order valence-corrected chi connectivity index (χ4v) is 5.68. The Morgan fingerprint density at radius 1 is 1.08 bits per heavy atom. The summed E-state index contributed by atoms with van der Waals surface area (Å²) >= 11 is 0. The van der Waals surface area contributed by atoms with Crippen LogP contribution in [-0.2, 0) is 26.2 Å². The molecule has 1 aliphatic rings. The first-order valence-electron chi connectivity index (χ1n) is 12.9. The number of nitrogens with zero attached hydrogens (tertiary/aromatic N) is 2. The average Bonchev–Trinajstić information content (AvgIpc) is 2.87. The van der Waals surface area contributed by atoms with Crippen molar-refractivity contribution in [1.29, 1.82) is 0 Å². The van der Waals surface area contributed by atoms with E-state index in [1.54, 1.807) is 12.1 Å². The number of amides is 2. The van der Waals surface area contributed by atoms with Gasteiger partial charge in [-0.1, -0.05) is 62.6 Å². The third kappa shape index (κ3) is 7.71. The number of methoxy groups -OCH3 is 1. The van der Waals surface area contributed by atoms with Crippen molar-refractivity contribution < 1.29 is 22.7 Å². The van der Waals surface area contributed by atoms with Gasteiger partial charge in [0.05, 0.1) is 19.1 Å². The standard InChI is InChI=1S/C28H39N3O5S/c1-5-24(28(33)29-23-14-10-7-11-15-23)30(19-22-12-8-6-9-13-22)27(32)20-31(37(4,34)35)25-18-21(2)16-17-26(25)36-3/h6,8-9,12-13,16-18,23-24H,5,7,10-11,14-15,19-20H2,1-4H3,(H,29,33)/t24-/m1/s1. The second-order valence-electron chi connectivity index (χ2n) is 9.72. The van der Waals surface area contributed by atoms with Gasteiger partial charge in [-0.15, -0.1) is 0 Å². The van der Waals surface area contributed by atoms with Crippen LogP contribution in [0.25, 0.3) is 0 Å². The summed E-state index contributed by atoms with van der Waals surface area (Å²) in [6.45, 7) is 3.46. The van der Waals surface area contributed by atoms with Gasteiger partial charge in [-0.3, -0.25) is 13.9 Å². The van der Waals surface area contributed by atoms with Crippen molar-refractivity contribution in [3.63, 3.8) is 0 Å². The summed E-state index contributed by atoms with van der Waals surface area (Å²) in [6.07, 6.45) is 6.67. The van der Waals surface area contributed by atoms with Crippen LogP contribution in [0.15, 0.2) is 48.5 Å². The Kier molecular flexibility index (Phi) is 9.97. The van der Waals surface area contributed by atoms with Crippen molar-refractivity contribution in [3.05, 3.63) is 59.7 Å². The fraction of sp³-hybridized carbons (Fsp3) is 0.500. The lowest BCUT2D eigenvalue weighted by atomic mass is 9.95. The number of hydrogen-bond donors (Lipinski definition) is 1. The molecule has 37 heavy (non-hydrogen) atoms. The van der Waals surface area contributed by atoms with E-state index < -0.39 is 28.5 Å². The third-order valence-electron chi connectivity index (χ3n) is 6.82. The number of benzene rings is 2. The van der Waals surface area contributed by atoms with Crippen LogP contribution in [0.1, 0.15) is 56.6 Å². The minimum Gasteiger partial charge on any atom is -0.495 e. The molecule has 2 aromatic carbocycles. The van der Waals surface area contributed by atoms with Crippen LogP contribution in [0.4, 0.5) is 5.69 Å². The molecule has 0 saturated heterocycles. The van der Waals surface area contributed by atoms with Crippen molar-refractivity contribution >= 4 is 27.5 Å². The van der Waals surface area contributed by atoms with Gasteiger partial charge < -0.3 is 15.0 Å². The topological polar surface area (TPSA) is 96.0 Å². The Labute approximate surface area is 221 Å². The molecule has 3 rings (SSSR count). The molecule has 0 unspecified atom stereocenters. The van der Waals surface area contributed by atoms with Crippen molar-refractivity contribution in [2.45, 2.75) is 71.0 Å². The smallest absolute Gasteiger partial charge is 0.244 e. The molecule has 9 heteroatoms. The minimum atomic E-state index is -3.84. The second-order valence-corrected chi connectivity index (χ2v) is 11.6. The fourth-order valence-electron chi connectivity index (χ4n) is 4.83. The number of aryl methyl sites for hydroxylation is 1. The predicted molar refractivity (Wildman–Crippen MR) is 146 cm³/mol. The molecule has 0 heterocycles. The summed E-state index contributed by atoms with van der Waals surface area (Å²) in [5.41, 5.74) is 1.98. The average molecular weight is 530 g/mol. The molecule has 0 bridgehead atoms. The molecule has 0 radical (unpaired) electrons. The van der Waals surface area contributed by atoms with Crippen molar-refractivity contribution in [3.8, 4) is 5.75 Å². The van der Waals surface area contributed by atoms with E-state index in [1.165, 1.54) is 18.4 Å². The Hall–Kier alpha value is -3.07. The Bertz CT molecular complexity index is 1160. The van der Waals surface area contributed by atoms with E-state index in [0.29, 0.717) is 12.2 Å². The van der Waals surface area contributed by atoms with Gasteiger partial charge in [0.15, 0.2) is 0 Å². The van der Waals surface area contributed by atoms with Gasteiger partial charge >= 0.3 is 0 Å². The molecule has 2 amide bonds. The number of carbonyl (C=O) groups excluding carboxylic acids is 2. The van der Waals surface area contributed by atoms with Crippen molar-refractivity contribution in [2.24, 2.45) is 0 Å². The largest absolute Gasteiger partial charge is 0.495 e. The van der Waals surface area contributed by atoms with Crippen LogP contribution < -0.4 is 14.4 Å². The maximum atomic E-state index is 13.9. The molecule has 1 saturated carbocycles. The molecule has 1 aliphatic carbocycles. The molecular weight excluding hydrogens is 490 g/mol. The summed E-state index contributed by atoms with van der Waals surface area (Å²) in [5, 5.41) is 3.15. The van der Waals surface area contributed by atoms with Crippen LogP contribution in [0, 0.1) is 6.92 Å². The second kappa shape index (κ2) is 12.9. The summed E-state index contributed by atoms with van der Waals surface area (Å²) in [6, 6.07) is 14.0. The molecule has 2 aromatic rings. The highest BCUT2D eigenvalue weighted by atomic mass is 32.2. The molecule has 0 aromatic heterocycles. The van der Waals surface area contributed by atoms with E-state index in [9.17, 15) is 18.0 Å². The SMILES string of the molecule is CC[C@H](C(=O)NC1CCCCC1)N(Cc1ccccc1)C(=O)CN(c1cc(C)ccc1OC)S(C)(=O)=O. The van der Waals surface area contributed by atoms with Crippen molar-refractivity contribution in [2.75, 3.05) is 24.2 Å². The molecule has 1 N–H and O–H groups in total.